The second-order valence-corrected chi connectivity index (χ2v) is 1.92. The summed E-state index contributed by atoms with van der Waals surface area (Å²) in [5.41, 5.74) is 0. The van der Waals surface area contributed by atoms with E-state index in [0.29, 0.717) is 0 Å². The molecule has 0 amide bonds. The summed E-state index contributed by atoms with van der Waals surface area (Å²) in [5.74, 6) is 0.935. The van der Waals surface area contributed by atoms with Crippen molar-refractivity contribution >= 4 is 0 Å². The van der Waals surface area contributed by atoms with E-state index in [1.54, 1.807) is 0 Å². The number of rotatable bonds is 2. The Kier molecular flexibility index (Phi) is 40.1. The quantitative estimate of drug-likeness (QED) is 0.526. The average molecular weight is 134 g/mol. The summed E-state index contributed by atoms with van der Waals surface area (Å²) in [6.45, 7) is 6.74. The Morgan fingerprint density at radius 3 is 1.11 bits per heavy atom. The van der Waals surface area contributed by atoms with Crippen molar-refractivity contribution in [2.75, 3.05) is 0 Å². The fourth-order valence-corrected chi connectivity index (χ4v) is 0.289. The molecule has 0 aliphatic heterocycles. The normalized spacial score (nSPS) is 6.67. The lowest BCUT2D eigenvalue weighted by Gasteiger charge is -1.98. The van der Waals surface area contributed by atoms with E-state index in [0.717, 1.165) is 5.92 Å². The smallest absolute Gasteiger partial charge is 0.0448 e. The van der Waals surface area contributed by atoms with Crippen LogP contribution in [0.4, 0.5) is 0 Å². The molecule has 0 radical (unpaired) electrons. The van der Waals surface area contributed by atoms with Gasteiger partial charge >= 0.3 is 0 Å². The minimum absolute atomic E-state index is 0. The average Bonchev–Trinajstić information content (AvgIpc) is 1.65. The molecule has 0 bridgehead atoms. The van der Waals surface area contributed by atoms with Gasteiger partial charge in [0.2, 0.25) is 0 Å². The third kappa shape index (κ3) is 18.0. The number of hydrogen-bond acceptors (Lipinski definition) is 0. The van der Waals surface area contributed by atoms with E-state index in [-0.39, 0.29) is 22.3 Å². The first-order valence-corrected chi connectivity index (χ1v) is 2.81. The molecule has 0 saturated carbocycles. The molecule has 0 aromatic heterocycles. The van der Waals surface area contributed by atoms with Crippen LogP contribution in [-0.2, 0) is 0 Å². The standard InChI is InChI=1S/C6H14.3CH4/c1-4-6(3)5-2;;;/h6H,4-5H2,1-3H3;3*1H4. The zero-order valence-electron chi connectivity index (χ0n) is 4.99. The van der Waals surface area contributed by atoms with Gasteiger partial charge in [0.05, 0.1) is 0 Å². The van der Waals surface area contributed by atoms with Crippen LogP contribution in [0.1, 0.15) is 55.9 Å². The van der Waals surface area contributed by atoms with Crippen molar-refractivity contribution < 1.29 is 0 Å². The summed E-state index contributed by atoms with van der Waals surface area (Å²) in [5, 5.41) is 0. The van der Waals surface area contributed by atoms with Crippen LogP contribution in [0, 0.1) is 5.92 Å². The van der Waals surface area contributed by atoms with Gasteiger partial charge in [0, 0.05) is 0 Å². The van der Waals surface area contributed by atoms with Crippen LogP contribution in [0.2, 0.25) is 0 Å². The molecule has 9 heavy (non-hydrogen) atoms. The van der Waals surface area contributed by atoms with Crippen molar-refractivity contribution in [2.45, 2.75) is 55.9 Å². The van der Waals surface area contributed by atoms with E-state index in [1.165, 1.54) is 12.8 Å². The highest BCUT2D eigenvalue weighted by atomic mass is 13.9. The zero-order valence-corrected chi connectivity index (χ0v) is 4.99. The Morgan fingerprint density at radius 1 is 0.889 bits per heavy atom. The molecule has 0 N–H and O–H groups in total. The summed E-state index contributed by atoms with van der Waals surface area (Å²) in [6.07, 6.45) is 2.66. The Bertz CT molecular complexity index is 19.2. The van der Waals surface area contributed by atoms with E-state index in [9.17, 15) is 0 Å². The van der Waals surface area contributed by atoms with Crippen LogP contribution in [0.25, 0.3) is 0 Å². The molecule has 0 atom stereocenters. The Hall–Kier alpha value is 0. The second-order valence-electron chi connectivity index (χ2n) is 1.92. The third-order valence-electron chi connectivity index (χ3n) is 1.39. The highest BCUT2D eigenvalue weighted by Crippen LogP contribution is 2.02. The molecular formula is C9H26. The molecule has 62 valence electrons. The molecule has 0 rings (SSSR count). The summed E-state index contributed by atoms with van der Waals surface area (Å²) in [4.78, 5) is 0. The van der Waals surface area contributed by atoms with Gasteiger partial charge < -0.3 is 0 Å². The van der Waals surface area contributed by atoms with Crippen LogP contribution < -0.4 is 0 Å². The first kappa shape index (κ1) is 23.0. The van der Waals surface area contributed by atoms with E-state index in [4.69, 9.17) is 0 Å². The molecule has 0 fully saturated rings. The van der Waals surface area contributed by atoms with Gasteiger partial charge in [0.1, 0.15) is 0 Å². The van der Waals surface area contributed by atoms with Gasteiger partial charge in [0.15, 0.2) is 0 Å². The molecule has 0 nitrogen and oxygen atoms in total. The third-order valence-corrected chi connectivity index (χ3v) is 1.39. The van der Waals surface area contributed by atoms with E-state index >= 15 is 0 Å². The largest absolute Gasteiger partial charge is 0.0776 e. The van der Waals surface area contributed by atoms with Gasteiger partial charge in [-0.3, -0.25) is 0 Å². The van der Waals surface area contributed by atoms with Crippen molar-refractivity contribution in [3.8, 4) is 0 Å². The Balaban J connectivity index is -0.0000000417. The van der Waals surface area contributed by atoms with E-state index in [2.05, 4.69) is 20.8 Å². The van der Waals surface area contributed by atoms with Crippen molar-refractivity contribution in [1.29, 1.82) is 0 Å². The molecule has 0 spiro atoms. The van der Waals surface area contributed by atoms with Gasteiger partial charge in [-0.2, -0.15) is 0 Å². The fourth-order valence-electron chi connectivity index (χ4n) is 0.289. The summed E-state index contributed by atoms with van der Waals surface area (Å²) in [7, 11) is 0. The fraction of sp³-hybridized carbons (Fsp3) is 1.00. The van der Waals surface area contributed by atoms with Crippen molar-refractivity contribution in [1.82, 2.24) is 0 Å². The molecule has 0 heterocycles. The van der Waals surface area contributed by atoms with E-state index < -0.39 is 0 Å². The molecule has 0 saturated heterocycles. The molecule has 0 aliphatic carbocycles. The predicted octanol–water partition coefficient (Wildman–Crippen LogP) is 4.35. The Labute approximate surface area is 62.7 Å². The predicted molar refractivity (Wildman–Crippen MR) is 49.9 cm³/mol. The van der Waals surface area contributed by atoms with Gasteiger partial charge in [-0.05, 0) is 5.92 Å². The monoisotopic (exact) mass is 134 g/mol. The van der Waals surface area contributed by atoms with Crippen LogP contribution in [-0.4, -0.2) is 0 Å². The molecule has 0 aromatic carbocycles. The Morgan fingerprint density at radius 2 is 1.11 bits per heavy atom. The highest BCUT2D eigenvalue weighted by Gasteiger charge is 1.88. The first-order chi connectivity index (χ1) is 2.81. The SMILES string of the molecule is C.C.C.CCC(C)CC. The van der Waals surface area contributed by atoms with Crippen molar-refractivity contribution in [3.05, 3.63) is 0 Å². The number of hydrogen-bond donors (Lipinski definition) is 0. The van der Waals surface area contributed by atoms with Gasteiger partial charge in [0.25, 0.3) is 0 Å². The maximum atomic E-state index is 2.28. The lowest BCUT2D eigenvalue weighted by molar-refractivity contribution is 0.544. The highest BCUT2D eigenvalue weighted by molar-refractivity contribution is 4.41. The molecule has 0 heteroatoms. The van der Waals surface area contributed by atoms with Crippen LogP contribution in [0.15, 0.2) is 0 Å². The maximum Gasteiger partial charge on any atom is -0.0448 e. The zero-order chi connectivity index (χ0) is 4.99. The maximum absolute atomic E-state index is 2.28. The summed E-state index contributed by atoms with van der Waals surface area (Å²) >= 11 is 0. The second kappa shape index (κ2) is 15.7. The van der Waals surface area contributed by atoms with Crippen LogP contribution in [0.3, 0.4) is 0 Å². The topological polar surface area (TPSA) is 0 Å². The van der Waals surface area contributed by atoms with Gasteiger partial charge in [-0.25, -0.2) is 0 Å². The van der Waals surface area contributed by atoms with Gasteiger partial charge in [-0.1, -0.05) is 55.9 Å². The molecule has 0 aromatic rings. The first-order valence-electron chi connectivity index (χ1n) is 2.81. The molecule has 0 unspecified atom stereocenters. The minimum atomic E-state index is 0. The van der Waals surface area contributed by atoms with Crippen LogP contribution in [0.5, 0.6) is 0 Å². The summed E-state index contributed by atoms with van der Waals surface area (Å²) < 4.78 is 0. The molecule has 0 aliphatic rings. The lowest BCUT2D eigenvalue weighted by Crippen LogP contribution is -1.85. The van der Waals surface area contributed by atoms with Crippen molar-refractivity contribution in [3.63, 3.8) is 0 Å². The van der Waals surface area contributed by atoms with Gasteiger partial charge in [-0.15, -0.1) is 0 Å². The molecular weight excluding hydrogens is 108 g/mol. The lowest BCUT2D eigenvalue weighted by atomic mass is 10.1. The van der Waals surface area contributed by atoms with Crippen molar-refractivity contribution in [2.24, 2.45) is 5.92 Å². The van der Waals surface area contributed by atoms with E-state index in [1.807, 2.05) is 0 Å². The minimum Gasteiger partial charge on any atom is -0.0776 e. The van der Waals surface area contributed by atoms with Crippen LogP contribution >= 0.6 is 0 Å². The summed E-state index contributed by atoms with van der Waals surface area (Å²) in [6, 6.07) is 0.